The van der Waals surface area contributed by atoms with Crippen molar-refractivity contribution in [1.82, 2.24) is 4.90 Å². The molecule has 0 aromatic heterocycles. The quantitative estimate of drug-likeness (QED) is 0.539. The number of Topliss-reactive ketones (excluding diaryl/α,β-unsaturated/α-hetero) is 1. The molecule has 0 unspecified atom stereocenters. The van der Waals surface area contributed by atoms with Crippen molar-refractivity contribution in [2.75, 3.05) is 20.2 Å². The number of rotatable bonds is 4. The van der Waals surface area contributed by atoms with E-state index in [2.05, 4.69) is 0 Å². The van der Waals surface area contributed by atoms with Gasteiger partial charge in [-0.25, -0.2) is 0 Å². The Balaban J connectivity index is 1.33. The van der Waals surface area contributed by atoms with E-state index in [1.54, 1.807) is 78.7 Å². The minimum absolute atomic E-state index is 0.0266. The number of likely N-dealkylation sites (tertiary alicyclic amines) is 1. The van der Waals surface area contributed by atoms with Crippen LogP contribution in [0.4, 0.5) is 0 Å². The van der Waals surface area contributed by atoms with Gasteiger partial charge in [0.05, 0.1) is 24.7 Å². The van der Waals surface area contributed by atoms with Crippen molar-refractivity contribution in [3.05, 3.63) is 95.1 Å². The predicted molar refractivity (Wildman–Crippen MR) is 127 cm³/mol. The van der Waals surface area contributed by atoms with Crippen LogP contribution in [0.1, 0.15) is 55.9 Å². The van der Waals surface area contributed by atoms with Crippen LogP contribution in [0.25, 0.3) is 0 Å². The lowest BCUT2D eigenvalue weighted by Gasteiger charge is -2.44. The lowest BCUT2D eigenvalue weighted by Crippen LogP contribution is -2.52. The minimum Gasteiger partial charge on any atom is -0.497 e. The summed E-state index contributed by atoms with van der Waals surface area (Å²) in [5, 5.41) is 0. The van der Waals surface area contributed by atoms with Gasteiger partial charge < -0.3 is 14.4 Å². The molecule has 2 aliphatic heterocycles. The van der Waals surface area contributed by atoms with Crippen molar-refractivity contribution in [1.29, 1.82) is 0 Å². The molecule has 0 saturated carbocycles. The summed E-state index contributed by atoms with van der Waals surface area (Å²) >= 11 is 0. The van der Waals surface area contributed by atoms with Crippen molar-refractivity contribution in [3.8, 4) is 11.5 Å². The Morgan fingerprint density at radius 1 is 0.912 bits per heavy atom. The summed E-state index contributed by atoms with van der Waals surface area (Å²) in [6.07, 6.45) is 1.37. The molecule has 0 aliphatic carbocycles. The smallest absolute Gasteiger partial charge is 0.254 e. The molecule has 0 bridgehead atoms. The lowest BCUT2D eigenvalue weighted by atomic mass is 9.82. The molecule has 0 radical (unpaired) electrons. The van der Waals surface area contributed by atoms with Gasteiger partial charge in [-0.05, 0) is 24.3 Å². The second kappa shape index (κ2) is 8.78. The first-order valence-corrected chi connectivity index (χ1v) is 11.4. The second-order valence-corrected chi connectivity index (χ2v) is 8.78. The number of piperidine rings is 1. The summed E-state index contributed by atoms with van der Waals surface area (Å²) in [6.45, 7) is 0.900. The SMILES string of the molecule is COc1ccc2c(c1)C(=O)CC1(CCN(C(=O)c3ccccc3C(=O)c3ccccc3)CC1)O2. The highest BCUT2D eigenvalue weighted by Gasteiger charge is 2.44. The van der Waals surface area contributed by atoms with Gasteiger partial charge in [-0.2, -0.15) is 0 Å². The summed E-state index contributed by atoms with van der Waals surface area (Å²) < 4.78 is 11.5. The molecule has 3 aromatic carbocycles. The maximum Gasteiger partial charge on any atom is 0.254 e. The number of methoxy groups -OCH3 is 1. The van der Waals surface area contributed by atoms with Crippen LogP contribution in [0.5, 0.6) is 11.5 Å². The molecule has 6 heteroatoms. The Labute approximate surface area is 198 Å². The summed E-state index contributed by atoms with van der Waals surface area (Å²) in [4.78, 5) is 41.1. The number of nitrogens with zero attached hydrogens (tertiary/aromatic N) is 1. The number of ether oxygens (including phenoxy) is 2. The number of hydrogen-bond donors (Lipinski definition) is 0. The molecule has 2 aliphatic rings. The van der Waals surface area contributed by atoms with Gasteiger partial charge in [0.15, 0.2) is 11.6 Å². The number of carbonyl (C=O) groups excluding carboxylic acids is 3. The average molecular weight is 456 g/mol. The van der Waals surface area contributed by atoms with Gasteiger partial charge in [-0.1, -0.05) is 48.5 Å². The molecule has 172 valence electrons. The fourth-order valence-corrected chi connectivity index (χ4v) is 4.78. The van der Waals surface area contributed by atoms with Gasteiger partial charge >= 0.3 is 0 Å². The van der Waals surface area contributed by atoms with Crippen LogP contribution >= 0.6 is 0 Å². The molecule has 1 spiro atoms. The van der Waals surface area contributed by atoms with Gasteiger partial charge in [0, 0.05) is 37.1 Å². The molecule has 34 heavy (non-hydrogen) atoms. The average Bonchev–Trinajstić information content (AvgIpc) is 2.88. The zero-order chi connectivity index (χ0) is 23.7. The number of hydrogen-bond acceptors (Lipinski definition) is 5. The number of benzene rings is 3. The molecule has 5 rings (SSSR count). The molecule has 1 saturated heterocycles. The van der Waals surface area contributed by atoms with Crippen molar-refractivity contribution in [2.45, 2.75) is 24.9 Å². The third kappa shape index (κ3) is 3.96. The van der Waals surface area contributed by atoms with Crippen molar-refractivity contribution in [2.24, 2.45) is 0 Å². The van der Waals surface area contributed by atoms with E-state index in [-0.39, 0.29) is 23.9 Å². The Kier molecular flexibility index (Phi) is 5.65. The monoisotopic (exact) mass is 455 g/mol. The Morgan fingerprint density at radius 3 is 2.29 bits per heavy atom. The molecule has 1 amide bonds. The molecular weight excluding hydrogens is 430 g/mol. The summed E-state index contributed by atoms with van der Waals surface area (Å²) in [5.41, 5.74) is 1.26. The van der Waals surface area contributed by atoms with Gasteiger partial charge in [0.25, 0.3) is 5.91 Å². The van der Waals surface area contributed by atoms with Crippen molar-refractivity contribution < 1.29 is 23.9 Å². The number of fused-ring (bicyclic) bond motifs is 1. The highest BCUT2D eigenvalue weighted by molar-refractivity contribution is 6.15. The van der Waals surface area contributed by atoms with E-state index in [0.717, 1.165) is 0 Å². The summed E-state index contributed by atoms with van der Waals surface area (Å²) in [5.74, 6) is 0.860. The Morgan fingerprint density at radius 2 is 1.59 bits per heavy atom. The topological polar surface area (TPSA) is 72.9 Å². The number of amides is 1. The first kappa shape index (κ1) is 21.9. The highest BCUT2D eigenvalue weighted by Crippen LogP contribution is 2.40. The molecule has 3 aromatic rings. The molecule has 0 N–H and O–H groups in total. The van der Waals surface area contributed by atoms with Crippen LogP contribution < -0.4 is 9.47 Å². The predicted octanol–water partition coefficient (Wildman–Crippen LogP) is 4.57. The van der Waals surface area contributed by atoms with E-state index in [0.29, 0.717) is 59.7 Å². The maximum absolute atomic E-state index is 13.4. The third-order valence-electron chi connectivity index (χ3n) is 6.70. The Hall–Kier alpha value is -3.93. The molecular formula is C28H25NO5. The van der Waals surface area contributed by atoms with Crippen LogP contribution in [0.3, 0.4) is 0 Å². The molecule has 6 nitrogen and oxygen atoms in total. The van der Waals surface area contributed by atoms with Gasteiger partial charge in [-0.3, -0.25) is 14.4 Å². The van der Waals surface area contributed by atoms with Gasteiger partial charge in [-0.15, -0.1) is 0 Å². The fourth-order valence-electron chi connectivity index (χ4n) is 4.78. The standard InChI is InChI=1S/C28H25NO5/c1-33-20-11-12-25-23(17-20)24(30)18-28(34-25)13-15-29(16-14-28)27(32)22-10-6-5-9-21(22)26(31)19-7-3-2-4-8-19/h2-12,17H,13-16,18H2,1H3. The molecule has 2 heterocycles. The maximum atomic E-state index is 13.4. The summed E-state index contributed by atoms with van der Waals surface area (Å²) in [7, 11) is 1.57. The van der Waals surface area contributed by atoms with Gasteiger partial charge in [0.1, 0.15) is 17.1 Å². The van der Waals surface area contributed by atoms with Crippen LogP contribution in [0.15, 0.2) is 72.8 Å². The van der Waals surface area contributed by atoms with E-state index >= 15 is 0 Å². The van der Waals surface area contributed by atoms with E-state index in [1.165, 1.54) is 0 Å². The largest absolute Gasteiger partial charge is 0.497 e. The molecule has 0 atom stereocenters. The van der Waals surface area contributed by atoms with Crippen LogP contribution in [-0.4, -0.2) is 48.2 Å². The van der Waals surface area contributed by atoms with Crippen molar-refractivity contribution >= 4 is 17.5 Å². The summed E-state index contributed by atoms with van der Waals surface area (Å²) in [6, 6.07) is 21.2. The first-order valence-electron chi connectivity index (χ1n) is 11.4. The fraction of sp³-hybridized carbons (Fsp3) is 0.250. The van der Waals surface area contributed by atoms with E-state index < -0.39 is 5.60 Å². The highest BCUT2D eigenvalue weighted by atomic mass is 16.5. The normalized spacial score (nSPS) is 16.5. The first-order chi connectivity index (χ1) is 16.5. The lowest BCUT2D eigenvalue weighted by molar-refractivity contribution is -0.00581. The van der Waals surface area contributed by atoms with Gasteiger partial charge in [0.2, 0.25) is 0 Å². The number of ketones is 2. The zero-order valence-electron chi connectivity index (χ0n) is 19.0. The molecule has 1 fully saturated rings. The Bertz CT molecular complexity index is 1260. The van der Waals surface area contributed by atoms with E-state index in [1.807, 2.05) is 6.07 Å². The van der Waals surface area contributed by atoms with E-state index in [9.17, 15) is 14.4 Å². The third-order valence-corrected chi connectivity index (χ3v) is 6.70. The minimum atomic E-state index is -0.616. The number of carbonyl (C=O) groups is 3. The van der Waals surface area contributed by atoms with E-state index in [4.69, 9.17) is 9.47 Å². The van der Waals surface area contributed by atoms with Crippen LogP contribution in [0.2, 0.25) is 0 Å². The zero-order valence-corrected chi connectivity index (χ0v) is 19.0. The van der Waals surface area contributed by atoms with Crippen molar-refractivity contribution in [3.63, 3.8) is 0 Å². The van der Waals surface area contributed by atoms with Crippen LogP contribution in [-0.2, 0) is 0 Å². The second-order valence-electron chi connectivity index (χ2n) is 8.78. The van der Waals surface area contributed by atoms with Crippen LogP contribution in [0, 0.1) is 0 Å².